The summed E-state index contributed by atoms with van der Waals surface area (Å²) in [5, 5.41) is 20.4. The molecule has 0 spiro atoms. The molecule has 1 aromatic rings. The molecule has 0 radical (unpaired) electrons. The summed E-state index contributed by atoms with van der Waals surface area (Å²) < 4.78 is 0. The van der Waals surface area contributed by atoms with Gasteiger partial charge in [-0.3, -0.25) is 14.9 Å². The molecule has 1 aliphatic rings. The van der Waals surface area contributed by atoms with Crippen LogP contribution in [0.25, 0.3) is 0 Å². The highest BCUT2D eigenvalue weighted by molar-refractivity contribution is 5.98. The van der Waals surface area contributed by atoms with E-state index in [4.69, 9.17) is 0 Å². The van der Waals surface area contributed by atoms with Crippen molar-refractivity contribution in [1.82, 2.24) is 4.90 Å². The normalized spacial score (nSPS) is 14.2. The lowest BCUT2D eigenvalue weighted by Gasteiger charge is -2.21. The quantitative estimate of drug-likeness (QED) is 0.653. The van der Waals surface area contributed by atoms with E-state index < -0.39 is 4.92 Å². The van der Waals surface area contributed by atoms with Gasteiger partial charge >= 0.3 is 0 Å². The van der Waals surface area contributed by atoms with Gasteiger partial charge in [-0.25, -0.2) is 0 Å². The Kier molecular flexibility index (Phi) is 3.69. The fourth-order valence-corrected chi connectivity index (χ4v) is 2.09. The van der Waals surface area contributed by atoms with Gasteiger partial charge in [-0.05, 0) is 31.4 Å². The first kappa shape index (κ1) is 13.3. The minimum Gasteiger partial charge on any atom is -0.508 e. The molecule has 6 heteroatoms. The summed E-state index contributed by atoms with van der Waals surface area (Å²) in [7, 11) is 0. The number of nitro groups is 1. The Morgan fingerprint density at radius 2 is 2.21 bits per heavy atom. The van der Waals surface area contributed by atoms with Gasteiger partial charge in [0.25, 0.3) is 11.6 Å². The SMILES string of the molecule is CCCN(C(=O)c1cc(O)ccc1[N+](=O)[O-])C1CC1. The molecule has 1 N–H and O–H groups in total. The summed E-state index contributed by atoms with van der Waals surface area (Å²) in [6.45, 7) is 2.54. The molecule has 1 amide bonds. The number of aromatic hydroxyl groups is 1. The van der Waals surface area contributed by atoms with Crippen LogP contribution in [0.3, 0.4) is 0 Å². The van der Waals surface area contributed by atoms with Gasteiger partial charge in [0.2, 0.25) is 0 Å². The van der Waals surface area contributed by atoms with Crippen LogP contribution in [0, 0.1) is 10.1 Å². The molecular formula is C13H16N2O4. The van der Waals surface area contributed by atoms with Crippen LogP contribution in [-0.4, -0.2) is 33.4 Å². The Hall–Kier alpha value is -2.11. The van der Waals surface area contributed by atoms with Gasteiger partial charge in [-0.1, -0.05) is 6.92 Å². The minimum absolute atomic E-state index is 0.0367. The highest BCUT2D eigenvalue weighted by Gasteiger charge is 2.35. The standard InChI is InChI=1S/C13H16N2O4/c1-2-7-14(9-3-4-9)13(17)11-8-10(16)5-6-12(11)15(18)19/h5-6,8-9,16H,2-4,7H2,1H3. The zero-order chi connectivity index (χ0) is 14.0. The molecule has 0 unspecified atom stereocenters. The molecule has 0 bridgehead atoms. The van der Waals surface area contributed by atoms with Gasteiger partial charge in [-0.15, -0.1) is 0 Å². The van der Waals surface area contributed by atoms with Gasteiger partial charge in [0.15, 0.2) is 0 Å². The molecule has 2 rings (SSSR count). The van der Waals surface area contributed by atoms with E-state index in [1.165, 1.54) is 18.2 Å². The number of carbonyl (C=O) groups excluding carboxylic acids is 1. The van der Waals surface area contributed by atoms with E-state index in [9.17, 15) is 20.0 Å². The van der Waals surface area contributed by atoms with E-state index >= 15 is 0 Å². The molecule has 1 aliphatic carbocycles. The number of amides is 1. The summed E-state index contributed by atoms with van der Waals surface area (Å²) >= 11 is 0. The fourth-order valence-electron chi connectivity index (χ4n) is 2.09. The number of phenolic OH excluding ortho intramolecular Hbond substituents is 1. The Morgan fingerprint density at radius 3 is 2.74 bits per heavy atom. The average Bonchev–Trinajstić information content (AvgIpc) is 3.19. The molecule has 102 valence electrons. The summed E-state index contributed by atoms with van der Waals surface area (Å²) in [6.07, 6.45) is 2.69. The number of hydrogen-bond donors (Lipinski definition) is 1. The predicted octanol–water partition coefficient (Wildman–Crippen LogP) is 2.32. The predicted molar refractivity (Wildman–Crippen MR) is 69.1 cm³/mol. The Morgan fingerprint density at radius 1 is 1.53 bits per heavy atom. The van der Waals surface area contributed by atoms with Crippen molar-refractivity contribution in [2.45, 2.75) is 32.2 Å². The van der Waals surface area contributed by atoms with Crippen LogP contribution in [0.1, 0.15) is 36.5 Å². The van der Waals surface area contributed by atoms with Crippen LogP contribution < -0.4 is 0 Å². The number of benzene rings is 1. The zero-order valence-electron chi connectivity index (χ0n) is 10.7. The number of rotatable bonds is 5. The molecular weight excluding hydrogens is 248 g/mol. The average molecular weight is 264 g/mol. The Balaban J connectivity index is 2.35. The van der Waals surface area contributed by atoms with Gasteiger partial charge in [-0.2, -0.15) is 0 Å². The zero-order valence-corrected chi connectivity index (χ0v) is 10.7. The maximum absolute atomic E-state index is 12.4. The number of carbonyl (C=O) groups is 1. The topological polar surface area (TPSA) is 83.7 Å². The maximum Gasteiger partial charge on any atom is 0.282 e. The molecule has 19 heavy (non-hydrogen) atoms. The second-order valence-corrected chi connectivity index (χ2v) is 4.69. The first-order valence-corrected chi connectivity index (χ1v) is 6.33. The van der Waals surface area contributed by atoms with E-state index in [-0.39, 0.29) is 28.9 Å². The Bertz CT molecular complexity index is 511. The molecule has 1 aromatic carbocycles. The first-order chi connectivity index (χ1) is 9.04. The molecule has 0 saturated heterocycles. The number of phenols is 1. The molecule has 0 aromatic heterocycles. The van der Waals surface area contributed by atoms with Gasteiger partial charge in [0.05, 0.1) is 4.92 Å². The first-order valence-electron chi connectivity index (χ1n) is 6.33. The second kappa shape index (κ2) is 5.26. The second-order valence-electron chi connectivity index (χ2n) is 4.69. The van der Waals surface area contributed by atoms with E-state index in [2.05, 4.69) is 0 Å². The maximum atomic E-state index is 12.4. The minimum atomic E-state index is -0.594. The lowest BCUT2D eigenvalue weighted by atomic mass is 10.1. The third-order valence-electron chi connectivity index (χ3n) is 3.12. The summed E-state index contributed by atoms with van der Waals surface area (Å²) in [5.74, 6) is -0.506. The van der Waals surface area contributed by atoms with Gasteiger partial charge < -0.3 is 10.0 Å². The summed E-state index contributed by atoms with van der Waals surface area (Å²) in [4.78, 5) is 24.4. The smallest absolute Gasteiger partial charge is 0.282 e. The number of hydrogen-bond acceptors (Lipinski definition) is 4. The van der Waals surface area contributed by atoms with Crippen molar-refractivity contribution >= 4 is 11.6 Å². The highest BCUT2D eigenvalue weighted by Crippen LogP contribution is 2.31. The van der Waals surface area contributed by atoms with E-state index in [0.717, 1.165) is 19.3 Å². The molecule has 6 nitrogen and oxygen atoms in total. The van der Waals surface area contributed by atoms with Crippen LogP contribution >= 0.6 is 0 Å². The lowest BCUT2D eigenvalue weighted by Crippen LogP contribution is -2.34. The Labute approximate surface area is 110 Å². The third-order valence-corrected chi connectivity index (χ3v) is 3.12. The van der Waals surface area contributed by atoms with Crippen LogP contribution in [0.4, 0.5) is 5.69 Å². The largest absolute Gasteiger partial charge is 0.508 e. The van der Waals surface area contributed by atoms with E-state index in [0.29, 0.717) is 6.54 Å². The number of nitrogens with zero attached hydrogens (tertiary/aromatic N) is 2. The lowest BCUT2D eigenvalue weighted by molar-refractivity contribution is -0.385. The van der Waals surface area contributed by atoms with Crippen molar-refractivity contribution < 1.29 is 14.8 Å². The molecule has 1 fully saturated rings. The van der Waals surface area contributed by atoms with Crippen LogP contribution in [0.5, 0.6) is 5.75 Å². The van der Waals surface area contributed by atoms with Gasteiger partial charge in [0.1, 0.15) is 11.3 Å². The summed E-state index contributed by atoms with van der Waals surface area (Å²) in [5.41, 5.74) is -0.296. The van der Waals surface area contributed by atoms with Crippen molar-refractivity contribution in [3.05, 3.63) is 33.9 Å². The van der Waals surface area contributed by atoms with Crippen LogP contribution in [-0.2, 0) is 0 Å². The fraction of sp³-hybridized carbons (Fsp3) is 0.462. The van der Waals surface area contributed by atoms with E-state index in [1.807, 2.05) is 6.92 Å². The number of nitro benzene ring substituents is 1. The molecule has 0 atom stereocenters. The van der Waals surface area contributed by atoms with E-state index in [1.54, 1.807) is 4.90 Å². The van der Waals surface area contributed by atoms with Crippen molar-refractivity contribution in [2.75, 3.05) is 6.54 Å². The van der Waals surface area contributed by atoms with Crippen molar-refractivity contribution in [3.8, 4) is 5.75 Å². The third kappa shape index (κ3) is 2.83. The van der Waals surface area contributed by atoms with Crippen LogP contribution in [0.15, 0.2) is 18.2 Å². The summed E-state index contributed by atoms with van der Waals surface area (Å²) in [6, 6.07) is 3.75. The van der Waals surface area contributed by atoms with Gasteiger partial charge in [0, 0.05) is 18.7 Å². The monoisotopic (exact) mass is 264 g/mol. The van der Waals surface area contributed by atoms with Crippen molar-refractivity contribution in [1.29, 1.82) is 0 Å². The molecule has 0 heterocycles. The van der Waals surface area contributed by atoms with Crippen molar-refractivity contribution in [3.63, 3.8) is 0 Å². The highest BCUT2D eigenvalue weighted by atomic mass is 16.6. The van der Waals surface area contributed by atoms with Crippen molar-refractivity contribution in [2.24, 2.45) is 0 Å². The molecule has 0 aliphatic heterocycles. The van der Waals surface area contributed by atoms with Crippen LogP contribution in [0.2, 0.25) is 0 Å². The molecule has 1 saturated carbocycles.